The van der Waals surface area contributed by atoms with Crippen molar-refractivity contribution < 1.29 is 9.53 Å². The van der Waals surface area contributed by atoms with Gasteiger partial charge in [0.1, 0.15) is 5.75 Å². The first kappa shape index (κ1) is 17.5. The van der Waals surface area contributed by atoms with Crippen LogP contribution in [0.25, 0.3) is 0 Å². The summed E-state index contributed by atoms with van der Waals surface area (Å²) in [6, 6.07) is 5.37. The maximum Gasteiger partial charge on any atom is 0.252 e. The Morgan fingerprint density at radius 1 is 1.35 bits per heavy atom. The fraction of sp³-hybridized carbons (Fsp3) is 0.533. The van der Waals surface area contributed by atoms with Crippen LogP contribution in [0.4, 0.5) is 0 Å². The van der Waals surface area contributed by atoms with Crippen LogP contribution in [0.2, 0.25) is 0 Å². The third-order valence-corrected chi connectivity index (χ3v) is 5.20. The van der Waals surface area contributed by atoms with Gasteiger partial charge in [-0.15, -0.1) is 0 Å². The third-order valence-electron chi connectivity index (χ3n) is 3.44. The highest BCUT2D eigenvalue weighted by Crippen LogP contribution is 2.23. The molecule has 1 unspecified atom stereocenters. The SMILES string of the molecule is CCC(CC)C(Br)CNC(=O)c1cc(OC)ccc1Br. The summed E-state index contributed by atoms with van der Waals surface area (Å²) >= 11 is 7.06. The maximum absolute atomic E-state index is 12.2. The number of hydrogen-bond donors (Lipinski definition) is 1. The topological polar surface area (TPSA) is 38.3 Å². The van der Waals surface area contributed by atoms with Crippen molar-refractivity contribution in [3.05, 3.63) is 28.2 Å². The first-order valence-corrected chi connectivity index (χ1v) is 8.50. The molecule has 112 valence electrons. The van der Waals surface area contributed by atoms with E-state index in [4.69, 9.17) is 4.74 Å². The van der Waals surface area contributed by atoms with Gasteiger partial charge in [0, 0.05) is 15.8 Å². The van der Waals surface area contributed by atoms with E-state index >= 15 is 0 Å². The molecule has 1 rings (SSSR count). The minimum Gasteiger partial charge on any atom is -0.497 e. The summed E-state index contributed by atoms with van der Waals surface area (Å²) < 4.78 is 5.92. The van der Waals surface area contributed by atoms with E-state index < -0.39 is 0 Å². The molecule has 0 aliphatic heterocycles. The van der Waals surface area contributed by atoms with E-state index in [1.54, 1.807) is 13.2 Å². The molecule has 0 heterocycles. The molecule has 1 aromatic carbocycles. The van der Waals surface area contributed by atoms with Crippen LogP contribution < -0.4 is 10.1 Å². The zero-order chi connectivity index (χ0) is 15.1. The lowest BCUT2D eigenvalue weighted by Gasteiger charge is -2.20. The van der Waals surface area contributed by atoms with Crippen molar-refractivity contribution in [2.75, 3.05) is 13.7 Å². The van der Waals surface area contributed by atoms with E-state index in [-0.39, 0.29) is 5.91 Å². The Morgan fingerprint density at radius 3 is 2.55 bits per heavy atom. The van der Waals surface area contributed by atoms with E-state index in [0.717, 1.165) is 17.3 Å². The van der Waals surface area contributed by atoms with Crippen LogP contribution in [-0.2, 0) is 0 Å². The van der Waals surface area contributed by atoms with Crippen molar-refractivity contribution in [3.63, 3.8) is 0 Å². The number of methoxy groups -OCH3 is 1. The summed E-state index contributed by atoms with van der Waals surface area (Å²) in [7, 11) is 1.59. The summed E-state index contributed by atoms with van der Waals surface area (Å²) in [5.41, 5.74) is 0.591. The van der Waals surface area contributed by atoms with E-state index in [9.17, 15) is 4.79 Å². The number of amides is 1. The fourth-order valence-corrected chi connectivity index (χ4v) is 3.39. The number of benzene rings is 1. The third kappa shape index (κ3) is 4.77. The second kappa shape index (κ2) is 8.67. The molecular weight excluding hydrogens is 386 g/mol. The molecule has 3 nitrogen and oxygen atoms in total. The molecule has 0 radical (unpaired) electrons. The van der Waals surface area contributed by atoms with Crippen LogP contribution in [0.3, 0.4) is 0 Å². The molecule has 0 saturated heterocycles. The summed E-state index contributed by atoms with van der Waals surface area (Å²) in [4.78, 5) is 12.5. The van der Waals surface area contributed by atoms with Crippen molar-refractivity contribution in [1.29, 1.82) is 0 Å². The van der Waals surface area contributed by atoms with Gasteiger partial charge in [-0.2, -0.15) is 0 Å². The predicted molar refractivity (Wildman–Crippen MR) is 89.8 cm³/mol. The number of rotatable bonds is 7. The average Bonchev–Trinajstić information content (AvgIpc) is 2.46. The number of nitrogens with one attached hydrogen (secondary N) is 1. The van der Waals surface area contributed by atoms with Crippen molar-refractivity contribution in [3.8, 4) is 5.75 Å². The smallest absolute Gasteiger partial charge is 0.252 e. The first-order valence-electron chi connectivity index (χ1n) is 6.79. The number of carbonyl (C=O) groups excluding carboxylic acids is 1. The molecule has 0 aliphatic carbocycles. The molecule has 0 fully saturated rings. The maximum atomic E-state index is 12.2. The van der Waals surface area contributed by atoms with Crippen LogP contribution in [0, 0.1) is 5.92 Å². The zero-order valence-electron chi connectivity index (χ0n) is 12.1. The van der Waals surface area contributed by atoms with E-state index in [1.165, 1.54) is 0 Å². The second-order valence-electron chi connectivity index (χ2n) is 4.65. The van der Waals surface area contributed by atoms with Crippen LogP contribution in [0.1, 0.15) is 37.0 Å². The molecule has 0 aromatic heterocycles. The summed E-state index contributed by atoms with van der Waals surface area (Å²) in [5.74, 6) is 1.16. The minimum absolute atomic E-state index is 0.0915. The molecule has 0 bridgehead atoms. The second-order valence-corrected chi connectivity index (χ2v) is 6.68. The Kier molecular flexibility index (Phi) is 7.59. The van der Waals surface area contributed by atoms with Gasteiger partial charge in [0.05, 0.1) is 12.7 Å². The fourth-order valence-electron chi connectivity index (χ4n) is 2.06. The molecule has 1 N–H and O–H groups in total. The van der Waals surface area contributed by atoms with Crippen molar-refractivity contribution >= 4 is 37.8 Å². The number of hydrogen-bond acceptors (Lipinski definition) is 2. The van der Waals surface area contributed by atoms with Gasteiger partial charge in [0.2, 0.25) is 0 Å². The Bertz CT molecular complexity index is 447. The van der Waals surface area contributed by atoms with Gasteiger partial charge in [0.15, 0.2) is 0 Å². The van der Waals surface area contributed by atoms with Gasteiger partial charge in [-0.25, -0.2) is 0 Å². The monoisotopic (exact) mass is 405 g/mol. The van der Waals surface area contributed by atoms with Gasteiger partial charge in [-0.3, -0.25) is 4.79 Å². The van der Waals surface area contributed by atoms with Crippen molar-refractivity contribution in [2.45, 2.75) is 31.5 Å². The van der Waals surface area contributed by atoms with Crippen LogP contribution in [0.15, 0.2) is 22.7 Å². The lowest BCUT2D eigenvalue weighted by molar-refractivity contribution is 0.0951. The summed E-state index contributed by atoms with van der Waals surface area (Å²) in [6.07, 6.45) is 2.20. The number of halogens is 2. The number of carbonyl (C=O) groups is 1. The van der Waals surface area contributed by atoms with Gasteiger partial charge in [-0.1, -0.05) is 42.6 Å². The predicted octanol–water partition coefficient (Wildman–Crippen LogP) is 4.39. The molecular formula is C15H21Br2NO2. The van der Waals surface area contributed by atoms with E-state index in [1.807, 2.05) is 12.1 Å². The first-order chi connectivity index (χ1) is 9.53. The van der Waals surface area contributed by atoms with Gasteiger partial charge in [0.25, 0.3) is 5.91 Å². The molecule has 1 aromatic rings. The van der Waals surface area contributed by atoms with Crippen LogP contribution >= 0.6 is 31.9 Å². The lowest BCUT2D eigenvalue weighted by atomic mass is 9.99. The number of alkyl halides is 1. The molecule has 0 saturated carbocycles. The number of ether oxygens (including phenoxy) is 1. The van der Waals surface area contributed by atoms with Crippen LogP contribution in [-0.4, -0.2) is 24.4 Å². The molecule has 5 heteroatoms. The molecule has 20 heavy (non-hydrogen) atoms. The molecule has 0 aliphatic rings. The van der Waals surface area contributed by atoms with E-state index in [0.29, 0.717) is 28.6 Å². The zero-order valence-corrected chi connectivity index (χ0v) is 15.3. The summed E-state index contributed by atoms with van der Waals surface area (Å²) in [5, 5.41) is 2.97. The molecule has 0 spiro atoms. The lowest BCUT2D eigenvalue weighted by Crippen LogP contribution is -2.33. The Balaban J connectivity index is 2.67. The normalized spacial score (nSPS) is 12.3. The van der Waals surface area contributed by atoms with Gasteiger partial charge < -0.3 is 10.1 Å². The highest BCUT2D eigenvalue weighted by molar-refractivity contribution is 9.10. The Labute approximate surface area is 137 Å². The Hall–Kier alpha value is -0.550. The van der Waals surface area contributed by atoms with Crippen molar-refractivity contribution in [2.24, 2.45) is 5.92 Å². The van der Waals surface area contributed by atoms with Gasteiger partial charge >= 0.3 is 0 Å². The van der Waals surface area contributed by atoms with Crippen LogP contribution in [0.5, 0.6) is 5.75 Å². The Morgan fingerprint density at radius 2 is 2.00 bits per heavy atom. The molecule has 1 amide bonds. The quantitative estimate of drug-likeness (QED) is 0.682. The minimum atomic E-state index is -0.0915. The highest BCUT2D eigenvalue weighted by Gasteiger charge is 2.17. The highest BCUT2D eigenvalue weighted by atomic mass is 79.9. The molecule has 1 atom stereocenters. The standard InChI is InChI=1S/C15H21Br2NO2/c1-4-10(5-2)14(17)9-18-15(19)12-8-11(20-3)6-7-13(12)16/h6-8,10,14H,4-5,9H2,1-3H3,(H,18,19). The average molecular weight is 407 g/mol. The van der Waals surface area contributed by atoms with E-state index in [2.05, 4.69) is 51.0 Å². The largest absolute Gasteiger partial charge is 0.497 e. The summed E-state index contributed by atoms with van der Waals surface area (Å²) in [6.45, 7) is 4.96. The van der Waals surface area contributed by atoms with Gasteiger partial charge in [-0.05, 0) is 40.0 Å². The van der Waals surface area contributed by atoms with Crippen molar-refractivity contribution in [1.82, 2.24) is 5.32 Å².